The number of rotatable bonds is 7. The fourth-order valence-corrected chi connectivity index (χ4v) is 3.14. The number of anilines is 2. The molecule has 0 spiro atoms. The number of carbonyl (C=O) groups is 1. The van der Waals surface area contributed by atoms with Crippen molar-refractivity contribution < 1.29 is 9.53 Å². The standard InChI is InChI=1S/C13H20N2O2S/c1-3-17-7-6-15-13-10(9-4-5-9)11(14)12(18-13)8(2)16/h9,15H,3-7,14H2,1-2H3. The van der Waals surface area contributed by atoms with Gasteiger partial charge >= 0.3 is 0 Å². The molecule has 1 aliphatic rings. The number of nitrogens with one attached hydrogen (secondary N) is 1. The van der Waals surface area contributed by atoms with Gasteiger partial charge in [0.1, 0.15) is 0 Å². The summed E-state index contributed by atoms with van der Waals surface area (Å²) in [7, 11) is 0. The lowest BCUT2D eigenvalue weighted by molar-refractivity contribution is 0.102. The Bertz CT molecular complexity index is 438. The van der Waals surface area contributed by atoms with Crippen LogP contribution >= 0.6 is 11.3 Å². The van der Waals surface area contributed by atoms with Crippen molar-refractivity contribution in [3.8, 4) is 0 Å². The molecule has 0 bridgehead atoms. The number of ketones is 1. The van der Waals surface area contributed by atoms with Gasteiger partial charge in [-0.15, -0.1) is 11.3 Å². The zero-order valence-corrected chi connectivity index (χ0v) is 11.7. The highest BCUT2D eigenvalue weighted by atomic mass is 32.1. The topological polar surface area (TPSA) is 64.3 Å². The minimum absolute atomic E-state index is 0.0530. The van der Waals surface area contributed by atoms with Crippen LogP contribution in [0.25, 0.3) is 0 Å². The molecule has 0 radical (unpaired) electrons. The highest BCUT2D eigenvalue weighted by molar-refractivity contribution is 7.18. The summed E-state index contributed by atoms with van der Waals surface area (Å²) < 4.78 is 5.30. The maximum Gasteiger partial charge on any atom is 0.171 e. The molecule has 0 aromatic carbocycles. The summed E-state index contributed by atoms with van der Waals surface area (Å²) in [4.78, 5) is 12.2. The van der Waals surface area contributed by atoms with Crippen molar-refractivity contribution >= 4 is 27.8 Å². The summed E-state index contributed by atoms with van der Waals surface area (Å²) >= 11 is 1.48. The summed E-state index contributed by atoms with van der Waals surface area (Å²) in [6.45, 7) is 5.70. The van der Waals surface area contributed by atoms with Gasteiger partial charge in [-0.2, -0.15) is 0 Å². The lowest BCUT2D eigenvalue weighted by Gasteiger charge is -2.07. The van der Waals surface area contributed by atoms with E-state index < -0.39 is 0 Å². The van der Waals surface area contributed by atoms with Crippen LogP contribution in [-0.4, -0.2) is 25.5 Å². The van der Waals surface area contributed by atoms with Crippen LogP contribution in [0.15, 0.2) is 0 Å². The summed E-state index contributed by atoms with van der Waals surface area (Å²) in [5.74, 6) is 0.598. The number of hydrogen-bond acceptors (Lipinski definition) is 5. The quantitative estimate of drug-likeness (QED) is 0.589. The molecule has 1 heterocycles. The lowest BCUT2D eigenvalue weighted by atomic mass is 10.1. The molecule has 1 aromatic heterocycles. The summed E-state index contributed by atoms with van der Waals surface area (Å²) in [6, 6.07) is 0. The molecule has 1 aromatic rings. The van der Waals surface area contributed by atoms with Gasteiger partial charge in [-0.3, -0.25) is 4.79 Å². The molecule has 2 rings (SSSR count). The zero-order valence-electron chi connectivity index (χ0n) is 10.9. The van der Waals surface area contributed by atoms with Gasteiger partial charge in [0.05, 0.1) is 22.2 Å². The minimum Gasteiger partial charge on any atom is -0.397 e. The zero-order chi connectivity index (χ0) is 13.1. The van der Waals surface area contributed by atoms with Crippen LogP contribution in [0.3, 0.4) is 0 Å². The van der Waals surface area contributed by atoms with Gasteiger partial charge in [0.2, 0.25) is 0 Å². The molecule has 3 N–H and O–H groups in total. The van der Waals surface area contributed by atoms with Crippen molar-refractivity contribution in [3.63, 3.8) is 0 Å². The summed E-state index contributed by atoms with van der Waals surface area (Å²) in [5.41, 5.74) is 7.94. The molecule has 0 aliphatic heterocycles. The Morgan fingerprint density at radius 2 is 2.28 bits per heavy atom. The molecule has 0 atom stereocenters. The van der Waals surface area contributed by atoms with Crippen LogP contribution < -0.4 is 11.1 Å². The van der Waals surface area contributed by atoms with Crippen LogP contribution in [0, 0.1) is 0 Å². The van der Waals surface area contributed by atoms with Crippen molar-refractivity contribution in [3.05, 3.63) is 10.4 Å². The predicted molar refractivity (Wildman–Crippen MR) is 75.7 cm³/mol. The highest BCUT2D eigenvalue weighted by Crippen LogP contribution is 2.50. The molecule has 0 unspecified atom stereocenters. The van der Waals surface area contributed by atoms with Crippen LogP contribution in [0.2, 0.25) is 0 Å². The molecular weight excluding hydrogens is 248 g/mol. The first-order valence-corrected chi connectivity index (χ1v) is 7.21. The normalized spacial score (nSPS) is 14.8. The minimum atomic E-state index is 0.0530. The number of ether oxygens (including phenoxy) is 1. The van der Waals surface area contributed by atoms with E-state index in [4.69, 9.17) is 10.5 Å². The van der Waals surface area contributed by atoms with E-state index in [1.807, 2.05) is 6.92 Å². The van der Waals surface area contributed by atoms with Gasteiger partial charge in [-0.1, -0.05) is 0 Å². The Kier molecular flexibility index (Phi) is 4.24. The molecule has 18 heavy (non-hydrogen) atoms. The molecule has 0 saturated heterocycles. The van der Waals surface area contributed by atoms with E-state index in [1.54, 1.807) is 6.92 Å². The molecule has 100 valence electrons. The van der Waals surface area contributed by atoms with Crippen LogP contribution in [-0.2, 0) is 4.74 Å². The predicted octanol–water partition coefficient (Wildman–Crippen LogP) is 2.86. The average Bonchev–Trinajstić information content (AvgIpc) is 3.10. The van der Waals surface area contributed by atoms with Crippen molar-refractivity contribution in [1.82, 2.24) is 0 Å². The third kappa shape index (κ3) is 2.84. The van der Waals surface area contributed by atoms with Crippen molar-refractivity contribution in [2.24, 2.45) is 0 Å². The molecule has 1 fully saturated rings. The van der Waals surface area contributed by atoms with E-state index in [-0.39, 0.29) is 5.78 Å². The van der Waals surface area contributed by atoms with Crippen molar-refractivity contribution in [1.29, 1.82) is 0 Å². The van der Waals surface area contributed by atoms with E-state index in [0.29, 0.717) is 23.1 Å². The van der Waals surface area contributed by atoms with Gasteiger partial charge < -0.3 is 15.8 Å². The first kappa shape index (κ1) is 13.4. The Labute approximate surface area is 112 Å². The number of carbonyl (C=O) groups excluding carboxylic acids is 1. The van der Waals surface area contributed by atoms with Gasteiger partial charge in [0.15, 0.2) is 5.78 Å². The van der Waals surface area contributed by atoms with E-state index in [0.717, 1.165) is 23.7 Å². The highest BCUT2D eigenvalue weighted by Gasteiger charge is 2.32. The van der Waals surface area contributed by atoms with E-state index in [9.17, 15) is 4.79 Å². The van der Waals surface area contributed by atoms with Gasteiger partial charge in [0, 0.05) is 25.6 Å². The van der Waals surface area contributed by atoms with Crippen molar-refractivity contribution in [2.75, 3.05) is 30.8 Å². The Hall–Kier alpha value is -1.07. The number of thiophene rings is 1. The van der Waals surface area contributed by atoms with Gasteiger partial charge in [-0.05, 0) is 25.7 Å². The molecule has 1 aliphatic carbocycles. The average molecular weight is 268 g/mol. The summed E-state index contributed by atoms with van der Waals surface area (Å²) in [5, 5.41) is 4.40. The second-order valence-electron chi connectivity index (χ2n) is 4.54. The maximum absolute atomic E-state index is 11.5. The largest absolute Gasteiger partial charge is 0.397 e. The molecular formula is C13H20N2O2S. The molecule has 5 heteroatoms. The van der Waals surface area contributed by atoms with Gasteiger partial charge in [0.25, 0.3) is 0 Å². The number of Topliss-reactive ketones (excluding diaryl/α,β-unsaturated/α-hetero) is 1. The van der Waals surface area contributed by atoms with E-state index in [1.165, 1.54) is 24.2 Å². The van der Waals surface area contributed by atoms with E-state index >= 15 is 0 Å². The van der Waals surface area contributed by atoms with Crippen LogP contribution in [0.4, 0.5) is 10.7 Å². The molecule has 4 nitrogen and oxygen atoms in total. The fraction of sp³-hybridized carbons (Fsp3) is 0.615. The smallest absolute Gasteiger partial charge is 0.171 e. The SMILES string of the molecule is CCOCCNc1sc(C(C)=O)c(N)c1C1CC1. The number of nitrogen functional groups attached to an aromatic ring is 1. The van der Waals surface area contributed by atoms with Crippen molar-refractivity contribution in [2.45, 2.75) is 32.6 Å². The number of nitrogens with two attached hydrogens (primary N) is 1. The fourth-order valence-electron chi connectivity index (χ4n) is 2.01. The van der Waals surface area contributed by atoms with Crippen LogP contribution in [0.1, 0.15) is 47.8 Å². The Balaban J connectivity index is 2.12. The second-order valence-corrected chi connectivity index (χ2v) is 5.56. The van der Waals surface area contributed by atoms with E-state index in [2.05, 4.69) is 5.32 Å². The second kappa shape index (κ2) is 5.71. The summed E-state index contributed by atoms with van der Waals surface area (Å²) in [6.07, 6.45) is 2.36. The lowest BCUT2D eigenvalue weighted by Crippen LogP contribution is -2.09. The van der Waals surface area contributed by atoms with Gasteiger partial charge in [-0.25, -0.2) is 0 Å². The third-order valence-electron chi connectivity index (χ3n) is 3.02. The number of hydrogen-bond donors (Lipinski definition) is 2. The molecule has 1 saturated carbocycles. The molecule has 0 amide bonds. The Morgan fingerprint density at radius 1 is 1.56 bits per heavy atom. The maximum atomic E-state index is 11.5. The third-order valence-corrected chi connectivity index (χ3v) is 4.30. The van der Waals surface area contributed by atoms with Crippen LogP contribution in [0.5, 0.6) is 0 Å². The Morgan fingerprint density at radius 3 is 2.83 bits per heavy atom. The monoisotopic (exact) mass is 268 g/mol. The first-order chi connectivity index (χ1) is 8.65. The first-order valence-electron chi connectivity index (χ1n) is 6.39.